The fourth-order valence-electron chi connectivity index (χ4n) is 2.34. The zero-order valence-corrected chi connectivity index (χ0v) is 11.6. The summed E-state index contributed by atoms with van der Waals surface area (Å²) in [6, 6.07) is 4.94. The Bertz CT molecular complexity index is 708. The summed E-state index contributed by atoms with van der Waals surface area (Å²) in [6.07, 6.45) is 4.30. The number of carbonyl (C=O) groups excluding carboxylic acids is 2. The van der Waals surface area contributed by atoms with Crippen LogP contribution in [0.15, 0.2) is 30.6 Å². The van der Waals surface area contributed by atoms with Crippen LogP contribution in [-0.2, 0) is 18.3 Å². The van der Waals surface area contributed by atoms with Gasteiger partial charge in [0, 0.05) is 24.8 Å². The maximum Gasteiger partial charge on any atom is 0.299 e. The molecular formula is C14H12ClN3O2. The van der Waals surface area contributed by atoms with Crippen molar-refractivity contribution in [3.05, 3.63) is 46.7 Å². The second-order valence-electron chi connectivity index (χ2n) is 4.72. The predicted molar refractivity (Wildman–Crippen MR) is 75.0 cm³/mol. The molecule has 102 valence electrons. The van der Waals surface area contributed by atoms with Crippen LogP contribution in [0.1, 0.15) is 15.9 Å². The Morgan fingerprint density at radius 3 is 2.80 bits per heavy atom. The topological polar surface area (TPSA) is 55.2 Å². The van der Waals surface area contributed by atoms with Gasteiger partial charge >= 0.3 is 0 Å². The summed E-state index contributed by atoms with van der Waals surface area (Å²) in [5.74, 6) is -0.986. The number of aromatic nitrogens is 2. The zero-order chi connectivity index (χ0) is 14.3. The average Bonchev–Trinajstić information content (AvgIpc) is 2.93. The third-order valence-electron chi connectivity index (χ3n) is 3.32. The third kappa shape index (κ3) is 2.10. The molecule has 1 amide bonds. The minimum atomic E-state index is -0.494. The molecule has 0 fully saturated rings. The number of nitrogens with zero attached hydrogens (tertiary/aromatic N) is 3. The molecule has 3 rings (SSSR count). The van der Waals surface area contributed by atoms with Crippen LogP contribution in [0.3, 0.4) is 0 Å². The quantitative estimate of drug-likeness (QED) is 0.810. The Balaban J connectivity index is 1.84. The second-order valence-corrected chi connectivity index (χ2v) is 5.16. The Morgan fingerprint density at radius 2 is 2.10 bits per heavy atom. The van der Waals surface area contributed by atoms with Gasteiger partial charge in [-0.1, -0.05) is 11.6 Å². The molecular weight excluding hydrogens is 278 g/mol. The Labute approximate surface area is 120 Å². The highest BCUT2D eigenvalue weighted by Crippen LogP contribution is 2.31. The molecule has 0 spiro atoms. The van der Waals surface area contributed by atoms with Crippen LogP contribution in [0.4, 0.5) is 5.69 Å². The standard InChI is InChI=1S/C14H12ClN3O2/c1-17-8-9(7-16-17)4-5-18-12-3-2-10(15)6-11(12)13(19)14(18)20/h2-3,6-8H,4-5H2,1H3. The lowest BCUT2D eigenvalue weighted by Crippen LogP contribution is -2.31. The summed E-state index contributed by atoms with van der Waals surface area (Å²) in [7, 11) is 1.84. The molecule has 0 aliphatic carbocycles. The molecule has 2 aromatic rings. The molecule has 0 N–H and O–H groups in total. The van der Waals surface area contributed by atoms with Gasteiger partial charge in [0.1, 0.15) is 0 Å². The van der Waals surface area contributed by atoms with E-state index < -0.39 is 11.7 Å². The molecule has 0 radical (unpaired) electrons. The number of benzene rings is 1. The Hall–Kier alpha value is -2.14. The van der Waals surface area contributed by atoms with Gasteiger partial charge in [-0.3, -0.25) is 14.3 Å². The zero-order valence-electron chi connectivity index (χ0n) is 10.8. The van der Waals surface area contributed by atoms with Crippen LogP contribution >= 0.6 is 11.6 Å². The highest BCUT2D eigenvalue weighted by molar-refractivity contribution is 6.52. The van der Waals surface area contributed by atoms with Gasteiger partial charge in [-0.05, 0) is 30.2 Å². The van der Waals surface area contributed by atoms with E-state index in [4.69, 9.17) is 11.6 Å². The second kappa shape index (κ2) is 4.76. The maximum atomic E-state index is 12.0. The highest BCUT2D eigenvalue weighted by atomic mass is 35.5. The van der Waals surface area contributed by atoms with Crippen molar-refractivity contribution >= 4 is 29.0 Å². The molecule has 0 bridgehead atoms. The molecule has 0 atom stereocenters. The van der Waals surface area contributed by atoms with Gasteiger partial charge in [0.05, 0.1) is 17.4 Å². The monoisotopic (exact) mass is 289 g/mol. The molecule has 20 heavy (non-hydrogen) atoms. The normalized spacial score (nSPS) is 14.0. The smallest absolute Gasteiger partial charge is 0.299 e. The van der Waals surface area contributed by atoms with Crippen LogP contribution in [0.5, 0.6) is 0 Å². The largest absolute Gasteiger partial charge is 0.304 e. The Kier molecular flexibility index (Phi) is 3.06. The summed E-state index contributed by atoms with van der Waals surface area (Å²) >= 11 is 5.87. The number of ketones is 1. The Morgan fingerprint density at radius 1 is 1.30 bits per heavy atom. The first-order valence-corrected chi connectivity index (χ1v) is 6.57. The number of hydrogen-bond donors (Lipinski definition) is 0. The van der Waals surface area contributed by atoms with Crippen molar-refractivity contribution < 1.29 is 9.59 Å². The van der Waals surface area contributed by atoms with Gasteiger partial charge < -0.3 is 4.90 Å². The van der Waals surface area contributed by atoms with E-state index >= 15 is 0 Å². The number of amides is 1. The van der Waals surface area contributed by atoms with Crippen molar-refractivity contribution in [1.82, 2.24) is 9.78 Å². The fourth-order valence-corrected chi connectivity index (χ4v) is 2.51. The van der Waals surface area contributed by atoms with Gasteiger partial charge in [0.15, 0.2) is 0 Å². The van der Waals surface area contributed by atoms with E-state index in [1.54, 1.807) is 29.1 Å². The van der Waals surface area contributed by atoms with E-state index in [0.29, 0.717) is 29.2 Å². The van der Waals surface area contributed by atoms with Crippen LogP contribution in [0.2, 0.25) is 5.02 Å². The third-order valence-corrected chi connectivity index (χ3v) is 3.55. The summed E-state index contributed by atoms with van der Waals surface area (Å²) < 4.78 is 1.71. The van der Waals surface area contributed by atoms with Crippen molar-refractivity contribution in [2.75, 3.05) is 11.4 Å². The molecule has 1 aliphatic heterocycles. The molecule has 0 saturated heterocycles. The van der Waals surface area contributed by atoms with Gasteiger partial charge in [-0.2, -0.15) is 5.10 Å². The van der Waals surface area contributed by atoms with Gasteiger partial charge in [-0.25, -0.2) is 0 Å². The summed E-state index contributed by atoms with van der Waals surface area (Å²) in [5, 5.41) is 4.54. The number of Topliss-reactive ketones (excluding diaryl/α,β-unsaturated/α-hetero) is 1. The van der Waals surface area contributed by atoms with E-state index in [1.807, 2.05) is 13.2 Å². The van der Waals surface area contributed by atoms with Gasteiger partial charge in [-0.15, -0.1) is 0 Å². The summed E-state index contributed by atoms with van der Waals surface area (Å²) in [6.45, 7) is 0.449. The van der Waals surface area contributed by atoms with Crippen LogP contribution < -0.4 is 4.90 Å². The number of halogens is 1. The number of hydrogen-bond acceptors (Lipinski definition) is 3. The SMILES string of the molecule is Cn1cc(CCN2C(=O)C(=O)c3cc(Cl)ccc32)cn1. The van der Waals surface area contributed by atoms with Crippen molar-refractivity contribution in [2.24, 2.45) is 7.05 Å². The van der Waals surface area contributed by atoms with Crippen LogP contribution in [-0.4, -0.2) is 28.0 Å². The summed E-state index contributed by atoms with van der Waals surface area (Å²) in [5.41, 5.74) is 2.04. The van der Waals surface area contributed by atoms with Gasteiger partial charge in [0.25, 0.3) is 11.7 Å². The number of rotatable bonds is 3. The minimum Gasteiger partial charge on any atom is -0.304 e. The lowest BCUT2D eigenvalue weighted by Gasteiger charge is -2.15. The van der Waals surface area contributed by atoms with Crippen LogP contribution in [0.25, 0.3) is 0 Å². The predicted octanol–water partition coefficient (Wildman–Crippen LogP) is 1.85. The first-order valence-electron chi connectivity index (χ1n) is 6.19. The highest BCUT2D eigenvalue weighted by Gasteiger charge is 2.35. The lowest BCUT2D eigenvalue weighted by molar-refractivity contribution is -0.114. The van der Waals surface area contributed by atoms with Crippen molar-refractivity contribution in [3.63, 3.8) is 0 Å². The van der Waals surface area contributed by atoms with Gasteiger partial charge in [0.2, 0.25) is 0 Å². The lowest BCUT2D eigenvalue weighted by atomic mass is 10.1. The molecule has 6 heteroatoms. The number of anilines is 1. The molecule has 0 saturated carbocycles. The van der Waals surface area contributed by atoms with Crippen molar-refractivity contribution in [1.29, 1.82) is 0 Å². The maximum absolute atomic E-state index is 12.0. The van der Waals surface area contributed by atoms with Crippen molar-refractivity contribution in [2.45, 2.75) is 6.42 Å². The average molecular weight is 290 g/mol. The van der Waals surface area contributed by atoms with Crippen LogP contribution in [0, 0.1) is 0 Å². The molecule has 5 nitrogen and oxygen atoms in total. The number of fused-ring (bicyclic) bond motifs is 1. The molecule has 1 aromatic heterocycles. The minimum absolute atomic E-state index is 0.383. The van der Waals surface area contributed by atoms with Crippen molar-refractivity contribution in [3.8, 4) is 0 Å². The molecule has 2 heterocycles. The molecule has 1 aromatic carbocycles. The van der Waals surface area contributed by atoms with E-state index in [0.717, 1.165) is 5.56 Å². The molecule has 0 unspecified atom stereocenters. The molecule has 1 aliphatic rings. The number of carbonyl (C=O) groups is 2. The fraction of sp³-hybridized carbons (Fsp3) is 0.214. The van der Waals surface area contributed by atoms with E-state index in [1.165, 1.54) is 4.90 Å². The van der Waals surface area contributed by atoms with E-state index in [9.17, 15) is 9.59 Å². The number of aryl methyl sites for hydroxylation is 1. The van der Waals surface area contributed by atoms with E-state index in [-0.39, 0.29) is 0 Å². The summed E-state index contributed by atoms with van der Waals surface area (Å²) in [4.78, 5) is 25.4. The first kappa shape index (κ1) is 12.9. The first-order chi connectivity index (χ1) is 9.56. The van der Waals surface area contributed by atoms with E-state index in [2.05, 4.69) is 5.10 Å².